The zero-order valence-electron chi connectivity index (χ0n) is 9.89. The van der Waals surface area contributed by atoms with Crippen LogP contribution in [0.3, 0.4) is 0 Å². The van der Waals surface area contributed by atoms with Crippen molar-refractivity contribution in [2.75, 3.05) is 0 Å². The van der Waals surface area contributed by atoms with Crippen molar-refractivity contribution in [3.05, 3.63) is 24.3 Å². The third kappa shape index (κ3) is 1.48. The predicted octanol–water partition coefficient (Wildman–Crippen LogP) is 1.89. The number of rotatable bonds is 0. The van der Waals surface area contributed by atoms with Crippen molar-refractivity contribution in [3.63, 3.8) is 0 Å². The molecule has 3 rings (SSSR count). The highest BCUT2D eigenvalue weighted by Gasteiger charge is 2.47. The number of hydrogen-bond acceptors (Lipinski definition) is 3. The topological polar surface area (TPSA) is 43.4 Å². The number of ether oxygens (including phenoxy) is 1. The second kappa shape index (κ2) is 3.56. The number of carbonyl (C=O) groups excluding carboxylic acids is 2. The van der Waals surface area contributed by atoms with Crippen LogP contribution in [0.1, 0.15) is 19.8 Å². The average molecular weight is 232 g/mol. The number of ketones is 1. The minimum atomic E-state index is -0.274. The van der Waals surface area contributed by atoms with E-state index in [1.807, 2.05) is 6.08 Å². The summed E-state index contributed by atoms with van der Waals surface area (Å²) in [6, 6.07) is 0. The summed E-state index contributed by atoms with van der Waals surface area (Å²) in [6.45, 7) is 5.96. The largest absolute Gasteiger partial charge is 0.458 e. The quantitative estimate of drug-likeness (QED) is 0.473. The van der Waals surface area contributed by atoms with E-state index in [0.29, 0.717) is 17.4 Å². The molecule has 3 nitrogen and oxygen atoms in total. The van der Waals surface area contributed by atoms with Crippen molar-refractivity contribution in [2.24, 2.45) is 23.7 Å². The molecule has 0 aromatic carbocycles. The molecule has 1 heterocycles. The lowest BCUT2D eigenvalue weighted by atomic mass is 9.82. The Bertz CT molecular complexity index is 435. The lowest BCUT2D eigenvalue weighted by molar-refractivity contribution is -0.139. The molecule has 5 atom stereocenters. The van der Waals surface area contributed by atoms with Gasteiger partial charge in [0.15, 0.2) is 5.78 Å². The molecule has 0 N–H and O–H groups in total. The van der Waals surface area contributed by atoms with E-state index in [-0.39, 0.29) is 29.7 Å². The van der Waals surface area contributed by atoms with E-state index in [9.17, 15) is 9.59 Å². The van der Waals surface area contributed by atoms with E-state index in [2.05, 4.69) is 13.5 Å². The second-order valence-corrected chi connectivity index (χ2v) is 5.47. The lowest BCUT2D eigenvalue weighted by Crippen LogP contribution is -2.21. The van der Waals surface area contributed by atoms with Crippen LogP contribution in [0.2, 0.25) is 0 Å². The van der Waals surface area contributed by atoms with E-state index in [1.54, 1.807) is 6.08 Å². The Morgan fingerprint density at radius 1 is 1.29 bits per heavy atom. The van der Waals surface area contributed by atoms with Crippen LogP contribution in [-0.2, 0) is 14.3 Å². The molecule has 17 heavy (non-hydrogen) atoms. The molecule has 1 saturated heterocycles. The van der Waals surface area contributed by atoms with E-state index in [1.165, 1.54) is 0 Å². The van der Waals surface area contributed by atoms with Crippen molar-refractivity contribution >= 4 is 11.8 Å². The summed E-state index contributed by atoms with van der Waals surface area (Å²) in [5.74, 6) is 0.713. The van der Waals surface area contributed by atoms with E-state index in [0.717, 1.165) is 12.8 Å². The van der Waals surface area contributed by atoms with Crippen molar-refractivity contribution in [1.82, 2.24) is 0 Å². The van der Waals surface area contributed by atoms with Gasteiger partial charge in [0.25, 0.3) is 0 Å². The lowest BCUT2D eigenvalue weighted by Gasteiger charge is -2.21. The Balaban J connectivity index is 1.92. The van der Waals surface area contributed by atoms with Gasteiger partial charge in [0.2, 0.25) is 0 Å². The van der Waals surface area contributed by atoms with Gasteiger partial charge in [-0.05, 0) is 30.8 Å². The Morgan fingerprint density at radius 3 is 2.82 bits per heavy atom. The molecule has 1 saturated carbocycles. The zero-order valence-corrected chi connectivity index (χ0v) is 9.89. The fraction of sp³-hybridized carbons (Fsp3) is 0.571. The Labute approximate surface area is 101 Å². The molecule has 0 aromatic heterocycles. The third-order valence-corrected chi connectivity index (χ3v) is 4.50. The van der Waals surface area contributed by atoms with Gasteiger partial charge in [0.1, 0.15) is 6.10 Å². The number of allylic oxidation sites excluding steroid dienone is 2. The van der Waals surface area contributed by atoms with Crippen molar-refractivity contribution in [1.29, 1.82) is 0 Å². The molecule has 0 spiro atoms. The SMILES string of the molecule is C=C1C(=O)O[C@H]2C[C@@H](C)[C@H]3C=CC(=O)[C@@H]3C[C@@H]12. The van der Waals surface area contributed by atoms with Crippen LogP contribution in [0.25, 0.3) is 0 Å². The molecule has 0 aromatic rings. The first kappa shape index (κ1) is 10.8. The minimum Gasteiger partial charge on any atom is -0.458 e. The fourth-order valence-corrected chi connectivity index (χ4v) is 3.49. The molecule has 0 unspecified atom stereocenters. The second-order valence-electron chi connectivity index (χ2n) is 5.47. The predicted molar refractivity (Wildman–Crippen MR) is 62.0 cm³/mol. The number of carbonyl (C=O) groups is 2. The van der Waals surface area contributed by atoms with Gasteiger partial charge < -0.3 is 4.74 Å². The molecule has 90 valence electrons. The van der Waals surface area contributed by atoms with Gasteiger partial charge in [0.05, 0.1) is 0 Å². The van der Waals surface area contributed by atoms with Crippen molar-refractivity contribution in [2.45, 2.75) is 25.9 Å². The summed E-state index contributed by atoms with van der Waals surface area (Å²) in [7, 11) is 0. The van der Waals surface area contributed by atoms with E-state index in [4.69, 9.17) is 4.74 Å². The fourth-order valence-electron chi connectivity index (χ4n) is 3.49. The maximum Gasteiger partial charge on any atom is 0.334 e. The Morgan fingerprint density at radius 2 is 2.06 bits per heavy atom. The monoisotopic (exact) mass is 232 g/mol. The van der Waals surface area contributed by atoms with Crippen LogP contribution in [0.5, 0.6) is 0 Å². The maximum absolute atomic E-state index is 11.8. The van der Waals surface area contributed by atoms with Gasteiger partial charge in [-0.15, -0.1) is 0 Å². The van der Waals surface area contributed by atoms with Crippen LogP contribution >= 0.6 is 0 Å². The summed E-state index contributed by atoms with van der Waals surface area (Å²) >= 11 is 0. The third-order valence-electron chi connectivity index (χ3n) is 4.50. The van der Waals surface area contributed by atoms with Gasteiger partial charge in [-0.25, -0.2) is 4.79 Å². The average Bonchev–Trinajstić information content (AvgIpc) is 2.71. The molecule has 0 bridgehead atoms. The van der Waals surface area contributed by atoms with Crippen molar-refractivity contribution in [3.8, 4) is 0 Å². The molecule has 2 aliphatic carbocycles. The van der Waals surface area contributed by atoms with Crippen LogP contribution in [0.15, 0.2) is 24.3 Å². The van der Waals surface area contributed by atoms with Crippen LogP contribution in [0, 0.1) is 23.7 Å². The highest BCUT2D eigenvalue weighted by molar-refractivity contribution is 5.95. The highest BCUT2D eigenvalue weighted by atomic mass is 16.6. The summed E-state index contributed by atoms with van der Waals surface area (Å²) in [5, 5.41) is 0. The standard InChI is InChI=1S/C14H16O3/c1-7-5-13-10(8(2)14(16)17-13)6-11-9(7)3-4-12(11)15/h3-4,7,9-11,13H,2,5-6H2,1H3/t7-,9-,10+,11-,13+/m1/s1. The van der Waals surface area contributed by atoms with Crippen LogP contribution < -0.4 is 0 Å². The first-order chi connectivity index (χ1) is 8.08. The van der Waals surface area contributed by atoms with Gasteiger partial charge in [0, 0.05) is 17.4 Å². The summed E-state index contributed by atoms with van der Waals surface area (Å²) in [4.78, 5) is 23.4. The Kier molecular flexibility index (Phi) is 2.25. The number of hydrogen-bond donors (Lipinski definition) is 0. The van der Waals surface area contributed by atoms with Crippen molar-refractivity contribution < 1.29 is 14.3 Å². The van der Waals surface area contributed by atoms with Crippen LogP contribution in [-0.4, -0.2) is 17.9 Å². The smallest absolute Gasteiger partial charge is 0.334 e. The van der Waals surface area contributed by atoms with E-state index < -0.39 is 0 Å². The zero-order chi connectivity index (χ0) is 12.2. The van der Waals surface area contributed by atoms with Gasteiger partial charge in [-0.3, -0.25) is 4.79 Å². The molecule has 2 fully saturated rings. The van der Waals surface area contributed by atoms with Crippen LogP contribution in [0.4, 0.5) is 0 Å². The molecule has 0 amide bonds. The first-order valence-electron chi connectivity index (χ1n) is 6.19. The summed E-state index contributed by atoms with van der Waals surface area (Å²) in [5.41, 5.74) is 0.558. The summed E-state index contributed by atoms with van der Waals surface area (Å²) < 4.78 is 5.35. The number of fused-ring (bicyclic) bond motifs is 2. The summed E-state index contributed by atoms with van der Waals surface area (Å²) in [6.07, 6.45) is 5.23. The minimum absolute atomic E-state index is 0.0336. The molecule has 3 aliphatic rings. The first-order valence-corrected chi connectivity index (χ1v) is 6.19. The highest BCUT2D eigenvalue weighted by Crippen LogP contribution is 2.46. The molecule has 3 heteroatoms. The van der Waals surface area contributed by atoms with Gasteiger partial charge >= 0.3 is 5.97 Å². The normalized spacial score (nSPS) is 44.3. The van der Waals surface area contributed by atoms with Gasteiger partial charge in [-0.2, -0.15) is 0 Å². The Hall–Kier alpha value is -1.38. The molecule has 1 aliphatic heterocycles. The molecular formula is C14H16O3. The van der Waals surface area contributed by atoms with E-state index >= 15 is 0 Å². The molecule has 0 radical (unpaired) electrons. The molecular weight excluding hydrogens is 216 g/mol. The number of esters is 1. The van der Waals surface area contributed by atoms with Gasteiger partial charge in [-0.1, -0.05) is 19.6 Å². The maximum atomic E-state index is 11.8.